The number of hydrogen-bond donors (Lipinski definition) is 0. The molecule has 0 aromatic rings. The van der Waals surface area contributed by atoms with E-state index in [1.165, 1.54) is 0 Å². The topological polar surface area (TPSA) is 24.7 Å². The summed E-state index contributed by atoms with van der Waals surface area (Å²) in [7, 11) is 0. The maximum absolute atomic E-state index is 3.83. The molecule has 0 spiro atoms. The molecule has 70 valence electrons. The third-order valence-electron chi connectivity index (χ3n) is 1.52. The maximum atomic E-state index is 3.83. The van der Waals surface area contributed by atoms with Gasteiger partial charge in [-0.25, -0.2) is 0 Å². The van der Waals surface area contributed by atoms with Gasteiger partial charge in [0.25, 0.3) is 0 Å². The summed E-state index contributed by atoms with van der Waals surface area (Å²) in [5.41, 5.74) is 1.94. The zero-order valence-electron chi connectivity index (χ0n) is 8.33. The van der Waals surface area contributed by atoms with Gasteiger partial charge in [-0.15, -0.1) is 0 Å². The molecule has 0 radical (unpaired) electrons. The van der Waals surface area contributed by atoms with Crippen LogP contribution in [0.5, 0.6) is 0 Å². The number of allylic oxidation sites excluding steroid dienone is 5. The van der Waals surface area contributed by atoms with Crippen LogP contribution in [0.4, 0.5) is 0 Å². The molecule has 0 aliphatic heterocycles. The molecule has 0 aromatic carbocycles. The van der Waals surface area contributed by atoms with Crippen LogP contribution in [0.2, 0.25) is 0 Å². The summed E-state index contributed by atoms with van der Waals surface area (Å²) in [6.45, 7) is 11.2. The van der Waals surface area contributed by atoms with E-state index in [-0.39, 0.29) is 0 Å². The van der Waals surface area contributed by atoms with Gasteiger partial charge in [-0.3, -0.25) is 0 Å². The summed E-state index contributed by atoms with van der Waals surface area (Å²) < 4.78 is 0. The second-order valence-corrected chi connectivity index (χ2v) is 2.60. The van der Waals surface area contributed by atoms with Crippen molar-refractivity contribution in [3.63, 3.8) is 0 Å². The van der Waals surface area contributed by atoms with Crippen LogP contribution in [0.15, 0.2) is 46.2 Å². The number of rotatable bonds is 5. The van der Waals surface area contributed by atoms with E-state index in [0.29, 0.717) is 0 Å². The van der Waals surface area contributed by atoms with Crippen molar-refractivity contribution in [2.75, 3.05) is 0 Å². The molecule has 0 aromatic heterocycles. The monoisotopic (exact) mass is 176 g/mol. The normalized spacial score (nSPS) is 12.6. The third-order valence-corrected chi connectivity index (χ3v) is 1.52. The highest BCUT2D eigenvalue weighted by atomic mass is 15.2. The Hall–Kier alpha value is -1.44. The van der Waals surface area contributed by atoms with Crippen LogP contribution in [0, 0.1) is 0 Å². The van der Waals surface area contributed by atoms with Gasteiger partial charge in [0.2, 0.25) is 0 Å². The van der Waals surface area contributed by atoms with E-state index in [1.54, 1.807) is 6.21 Å². The predicted octanol–water partition coefficient (Wildman–Crippen LogP) is 3.14. The molecule has 0 rings (SSSR count). The van der Waals surface area contributed by atoms with E-state index >= 15 is 0 Å². The molecule has 2 heteroatoms. The summed E-state index contributed by atoms with van der Waals surface area (Å²) >= 11 is 0. The molecular formula is C11H16N2. The molecule has 0 saturated heterocycles. The van der Waals surface area contributed by atoms with Crippen molar-refractivity contribution < 1.29 is 0 Å². The van der Waals surface area contributed by atoms with Gasteiger partial charge in [0, 0.05) is 6.72 Å². The Labute approximate surface area is 80.1 Å². The highest BCUT2D eigenvalue weighted by Crippen LogP contribution is 2.04. The smallest absolute Gasteiger partial charge is 0.0564 e. The summed E-state index contributed by atoms with van der Waals surface area (Å²) in [6, 6.07) is 0. The molecule has 0 fully saturated rings. The van der Waals surface area contributed by atoms with Crippen LogP contribution in [0.3, 0.4) is 0 Å². The fraction of sp³-hybridized carbons (Fsp3) is 0.273. The summed E-state index contributed by atoms with van der Waals surface area (Å²) in [4.78, 5) is 0. The minimum absolute atomic E-state index is 0.855. The summed E-state index contributed by atoms with van der Waals surface area (Å²) in [5, 5.41) is 7.01. The van der Waals surface area contributed by atoms with Gasteiger partial charge < -0.3 is 0 Å². The second-order valence-electron chi connectivity index (χ2n) is 2.60. The minimum Gasteiger partial charge on any atom is -0.167 e. The minimum atomic E-state index is 0.855. The van der Waals surface area contributed by atoms with Crippen LogP contribution in [-0.4, -0.2) is 12.9 Å². The van der Waals surface area contributed by atoms with E-state index < -0.39 is 0 Å². The number of hydrogen-bond acceptors (Lipinski definition) is 2. The van der Waals surface area contributed by atoms with Crippen molar-refractivity contribution in [2.45, 2.75) is 20.3 Å². The average Bonchev–Trinajstić information content (AvgIpc) is 2.14. The van der Waals surface area contributed by atoms with Gasteiger partial charge >= 0.3 is 0 Å². The van der Waals surface area contributed by atoms with E-state index in [2.05, 4.69) is 36.5 Å². The van der Waals surface area contributed by atoms with Crippen LogP contribution in [0.1, 0.15) is 20.3 Å². The lowest BCUT2D eigenvalue weighted by Crippen LogP contribution is -1.83. The van der Waals surface area contributed by atoms with Crippen molar-refractivity contribution in [3.8, 4) is 0 Å². The summed E-state index contributed by atoms with van der Waals surface area (Å²) in [5.74, 6) is 0. The first-order valence-electron chi connectivity index (χ1n) is 4.24. The Kier molecular flexibility index (Phi) is 6.42. The van der Waals surface area contributed by atoms with Crippen molar-refractivity contribution >= 4 is 12.9 Å². The molecule has 0 aliphatic rings. The molecule has 0 amide bonds. The van der Waals surface area contributed by atoms with Crippen molar-refractivity contribution in [1.29, 1.82) is 0 Å². The Morgan fingerprint density at radius 2 is 2.15 bits per heavy atom. The number of nitrogens with zero attached hydrogens (tertiary/aromatic N) is 2. The first-order valence-corrected chi connectivity index (χ1v) is 4.24. The molecule has 0 heterocycles. The Morgan fingerprint density at radius 3 is 2.69 bits per heavy atom. The maximum Gasteiger partial charge on any atom is 0.0564 e. The molecule has 0 saturated carbocycles. The average molecular weight is 176 g/mol. The van der Waals surface area contributed by atoms with Crippen LogP contribution in [-0.2, 0) is 0 Å². The van der Waals surface area contributed by atoms with Crippen LogP contribution in [0.25, 0.3) is 0 Å². The van der Waals surface area contributed by atoms with E-state index in [9.17, 15) is 0 Å². The molecule has 0 aliphatic carbocycles. The lowest BCUT2D eigenvalue weighted by molar-refractivity contribution is 1.22. The molecule has 0 N–H and O–H groups in total. The Balaban J connectivity index is 4.24. The largest absolute Gasteiger partial charge is 0.167 e. The molecule has 0 bridgehead atoms. The lowest BCUT2D eigenvalue weighted by Gasteiger charge is -1.95. The highest BCUT2D eigenvalue weighted by Gasteiger charge is 1.89. The molecule has 13 heavy (non-hydrogen) atoms. The third kappa shape index (κ3) is 5.79. The van der Waals surface area contributed by atoms with Gasteiger partial charge in [-0.1, -0.05) is 31.7 Å². The van der Waals surface area contributed by atoms with Crippen LogP contribution >= 0.6 is 0 Å². The second kappa shape index (κ2) is 7.22. The van der Waals surface area contributed by atoms with Gasteiger partial charge in [0.15, 0.2) is 0 Å². The quantitative estimate of drug-likeness (QED) is 0.349. The van der Waals surface area contributed by atoms with Crippen molar-refractivity contribution in [2.24, 2.45) is 10.2 Å². The summed E-state index contributed by atoms with van der Waals surface area (Å²) in [6.07, 6.45) is 8.73. The fourth-order valence-corrected chi connectivity index (χ4v) is 0.668. The van der Waals surface area contributed by atoms with Gasteiger partial charge in [0.05, 0.1) is 6.21 Å². The Bertz CT molecular complexity index is 257. The highest BCUT2D eigenvalue weighted by molar-refractivity contribution is 5.83. The van der Waals surface area contributed by atoms with Crippen molar-refractivity contribution in [1.82, 2.24) is 0 Å². The first kappa shape index (κ1) is 11.6. The SMILES string of the molecule is C=N/N=C\C(=C)/C(C)=C\C=C/CC. The van der Waals surface area contributed by atoms with Gasteiger partial charge in [0.1, 0.15) is 0 Å². The van der Waals surface area contributed by atoms with Crippen LogP contribution < -0.4 is 0 Å². The van der Waals surface area contributed by atoms with E-state index in [4.69, 9.17) is 0 Å². The molecule has 0 unspecified atom stereocenters. The zero-order valence-corrected chi connectivity index (χ0v) is 8.33. The van der Waals surface area contributed by atoms with Gasteiger partial charge in [-0.2, -0.15) is 10.2 Å². The molecular weight excluding hydrogens is 160 g/mol. The fourth-order valence-electron chi connectivity index (χ4n) is 0.668. The first-order chi connectivity index (χ1) is 6.22. The van der Waals surface area contributed by atoms with Crippen molar-refractivity contribution in [3.05, 3.63) is 36.0 Å². The molecule has 2 nitrogen and oxygen atoms in total. The van der Waals surface area contributed by atoms with Gasteiger partial charge in [-0.05, 0) is 24.5 Å². The standard InChI is InChI=1S/C11H16N2/c1-5-6-7-8-10(2)11(3)9-13-12-4/h6-9H,3-5H2,1-2H3/b7-6-,10-8-,13-9-. The predicted molar refractivity (Wildman–Crippen MR) is 60.4 cm³/mol. The van der Waals surface area contributed by atoms with E-state index in [1.807, 2.05) is 19.1 Å². The van der Waals surface area contributed by atoms with E-state index in [0.717, 1.165) is 17.6 Å². The molecule has 0 atom stereocenters. The zero-order chi connectivity index (χ0) is 10.1. The Morgan fingerprint density at radius 1 is 1.46 bits per heavy atom. The lowest BCUT2D eigenvalue weighted by atomic mass is 10.1.